The smallest absolute Gasteiger partial charge is 0.419 e. The van der Waals surface area contributed by atoms with Gasteiger partial charge in [-0.15, -0.1) is 0 Å². The van der Waals surface area contributed by atoms with Crippen LogP contribution in [-0.4, -0.2) is 20.5 Å². The van der Waals surface area contributed by atoms with Crippen molar-refractivity contribution in [3.63, 3.8) is 0 Å². The third-order valence-electron chi connectivity index (χ3n) is 1.51. The van der Waals surface area contributed by atoms with E-state index in [-0.39, 0.29) is 9.92 Å². The summed E-state index contributed by atoms with van der Waals surface area (Å²) in [5, 5.41) is 4.15. The number of halogens is 3. The Morgan fingerprint density at radius 2 is 1.80 bits per heavy atom. The highest BCUT2D eigenvalue weighted by molar-refractivity contribution is 7.87. The minimum Gasteiger partial charge on any atom is -0.476 e. The molecule has 0 spiro atoms. The molecule has 82 valence electrons. The molecule has 0 saturated carbocycles. The molecule has 15 heavy (non-hydrogen) atoms. The third-order valence-corrected chi connectivity index (χ3v) is 3.10. The van der Waals surface area contributed by atoms with Crippen molar-refractivity contribution in [3.8, 4) is 0 Å². The van der Waals surface area contributed by atoms with E-state index in [1.54, 1.807) is 0 Å². The van der Waals surface area contributed by atoms with Crippen LogP contribution in [0.5, 0.6) is 0 Å². The molecule has 1 aromatic carbocycles. The molecule has 3 nitrogen and oxygen atoms in total. The van der Waals surface area contributed by atoms with Crippen LogP contribution >= 0.6 is 11.6 Å². The quantitative estimate of drug-likeness (QED) is 0.899. The summed E-state index contributed by atoms with van der Waals surface area (Å²) in [7, 11) is -2.92. The summed E-state index contributed by atoms with van der Waals surface area (Å²) in [6.45, 7) is 0. The van der Waals surface area contributed by atoms with Gasteiger partial charge in [-0.3, -0.25) is 0 Å². The lowest BCUT2D eigenvalue weighted by Gasteiger charge is -2.10. The molecular formula is C8H5ClF2O3S. The maximum absolute atomic E-state index is 12.8. The number of carboxylic acids is 1. The highest BCUT2D eigenvalue weighted by Gasteiger charge is 2.46. The Labute approximate surface area is 91.1 Å². The minimum absolute atomic E-state index is 0.285. The van der Waals surface area contributed by atoms with Gasteiger partial charge in [0.2, 0.25) is 0 Å². The third kappa shape index (κ3) is 2.51. The monoisotopic (exact) mass is 254 g/mol. The van der Waals surface area contributed by atoms with E-state index in [4.69, 9.17) is 16.7 Å². The average Bonchev–Trinajstić information content (AvgIpc) is 2.17. The molecule has 0 aliphatic heterocycles. The van der Waals surface area contributed by atoms with E-state index < -0.39 is 22.0 Å². The summed E-state index contributed by atoms with van der Waals surface area (Å²) in [6, 6.07) is 4.70. The van der Waals surface area contributed by atoms with Crippen LogP contribution in [0.25, 0.3) is 0 Å². The molecule has 0 heterocycles. The van der Waals surface area contributed by atoms with Crippen molar-refractivity contribution in [2.75, 3.05) is 0 Å². The molecule has 0 fully saturated rings. The van der Waals surface area contributed by atoms with E-state index in [1.807, 2.05) is 0 Å². The molecular weight excluding hydrogens is 250 g/mol. The highest BCUT2D eigenvalue weighted by atomic mass is 35.5. The van der Waals surface area contributed by atoms with Gasteiger partial charge in [0.25, 0.3) is 0 Å². The fourth-order valence-corrected chi connectivity index (χ4v) is 1.75. The van der Waals surface area contributed by atoms with Gasteiger partial charge in [0.15, 0.2) is 0 Å². The van der Waals surface area contributed by atoms with E-state index in [1.165, 1.54) is 12.1 Å². The second-order valence-corrected chi connectivity index (χ2v) is 4.50. The van der Waals surface area contributed by atoms with Gasteiger partial charge in [-0.05, 0) is 24.3 Å². The molecule has 0 bridgehead atoms. The minimum atomic E-state index is -4.30. The Morgan fingerprint density at radius 3 is 2.20 bits per heavy atom. The molecule has 1 rings (SSSR count). The Bertz CT molecular complexity index is 405. The van der Waals surface area contributed by atoms with Crippen LogP contribution in [0.3, 0.4) is 0 Å². The van der Waals surface area contributed by atoms with Crippen molar-refractivity contribution in [1.29, 1.82) is 0 Å². The maximum Gasteiger partial charge on any atom is 0.419 e. The molecule has 7 heteroatoms. The zero-order valence-electron chi connectivity index (χ0n) is 7.12. The topological polar surface area (TPSA) is 54.4 Å². The molecule has 1 N–H and O–H groups in total. The van der Waals surface area contributed by atoms with Crippen molar-refractivity contribution in [1.82, 2.24) is 0 Å². The number of carboxylic acid groups (broad SMARTS) is 1. The Morgan fingerprint density at radius 1 is 1.33 bits per heavy atom. The fraction of sp³-hybridized carbons (Fsp3) is 0.125. The van der Waals surface area contributed by atoms with E-state index in [2.05, 4.69) is 0 Å². The molecule has 0 amide bonds. The van der Waals surface area contributed by atoms with Gasteiger partial charge < -0.3 is 5.11 Å². The van der Waals surface area contributed by atoms with Gasteiger partial charge in [0.1, 0.15) is 10.8 Å². The highest BCUT2D eigenvalue weighted by Crippen LogP contribution is 2.26. The van der Waals surface area contributed by atoms with Crippen LogP contribution < -0.4 is 0 Å². The zero-order chi connectivity index (χ0) is 11.6. The summed E-state index contributed by atoms with van der Waals surface area (Å²) in [5.41, 5.74) is 0. The number of hydrogen-bond acceptors (Lipinski definition) is 2. The Hall–Kier alpha value is -1.01. The second-order valence-electron chi connectivity index (χ2n) is 2.54. The van der Waals surface area contributed by atoms with Gasteiger partial charge in [-0.2, -0.15) is 8.78 Å². The van der Waals surface area contributed by atoms with Crippen LogP contribution in [-0.2, 0) is 15.6 Å². The molecule has 0 aliphatic rings. The predicted molar refractivity (Wildman–Crippen MR) is 50.4 cm³/mol. The number of carbonyl (C=O) groups is 1. The molecule has 0 radical (unpaired) electrons. The molecule has 1 unspecified atom stereocenters. The maximum atomic E-state index is 12.8. The average molecular weight is 255 g/mol. The summed E-state index contributed by atoms with van der Waals surface area (Å²) < 4.78 is 36.7. The number of hydrogen-bond donors (Lipinski definition) is 1. The van der Waals surface area contributed by atoms with Gasteiger partial charge in [-0.1, -0.05) is 11.6 Å². The lowest BCUT2D eigenvalue weighted by molar-refractivity contribution is -0.153. The first-order valence-corrected chi connectivity index (χ1v) is 5.17. The number of alkyl halides is 2. The zero-order valence-corrected chi connectivity index (χ0v) is 8.69. The van der Waals surface area contributed by atoms with Crippen molar-refractivity contribution < 1.29 is 22.9 Å². The van der Waals surface area contributed by atoms with E-state index >= 15 is 0 Å². The first-order valence-electron chi connectivity index (χ1n) is 3.64. The van der Waals surface area contributed by atoms with Crippen LogP contribution in [0, 0.1) is 0 Å². The first-order chi connectivity index (χ1) is 6.85. The van der Waals surface area contributed by atoms with E-state index in [0.717, 1.165) is 12.1 Å². The molecule has 1 aromatic rings. The number of aliphatic carboxylic acids is 1. The van der Waals surface area contributed by atoms with Gasteiger partial charge >= 0.3 is 11.2 Å². The Balaban J connectivity index is 3.05. The molecule has 0 saturated heterocycles. The molecule has 0 aliphatic carbocycles. The SMILES string of the molecule is O=C(O)C(F)(F)S(=O)c1ccc(Cl)cc1. The standard InChI is InChI=1S/C8H5ClF2O3S/c9-5-1-3-6(4-2-5)15(14)8(10,11)7(12)13/h1-4H,(H,12,13). The fourth-order valence-electron chi connectivity index (χ4n) is 0.786. The summed E-state index contributed by atoms with van der Waals surface area (Å²) in [5.74, 6) is -2.42. The van der Waals surface area contributed by atoms with Crippen LogP contribution in [0.15, 0.2) is 29.2 Å². The number of benzene rings is 1. The lowest BCUT2D eigenvalue weighted by atomic mass is 10.4. The first kappa shape index (κ1) is 12.1. The summed E-state index contributed by atoms with van der Waals surface area (Å²) >= 11 is 5.49. The number of rotatable bonds is 3. The second kappa shape index (κ2) is 4.24. The Kier molecular flexibility index (Phi) is 3.41. The van der Waals surface area contributed by atoms with Gasteiger partial charge in [0, 0.05) is 9.92 Å². The molecule has 1 atom stereocenters. The van der Waals surface area contributed by atoms with Crippen LogP contribution in [0.4, 0.5) is 8.78 Å². The molecule has 0 aromatic heterocycles. The van der Waals surface area contributed by atoms with Crippen molar-refractivity contribution in [2.45, 2.75) is 10.2 Å². The van der Waals surface area contributed by atoms with Crippen molar-refractivity contribution >= 4 is 28.4 Å². The lowest BCUT2D eigenvalue weighted by Crippen LogP contribution is -2.33. The van der Waals surface area contributed by atoms with Gasteiger partial charge in [-0.25, -0.2) is 9.00 Å². The summed E-state index contributed by atoms with van der Waals surface area (Å²) in [4.78, 5) is 9.85. The van der Waals surface area contributed by atoms with Crippen LogP contribution in [0.2, 0.25) is 5.02 Å². The van der Waals surface area contributed by atoms with Crippen LogP contribution in [0.1, 0.15) is 0 Å². The van der Waals surface area contributed by atoms with Gasteiger partial charge in [0.05, 0.1) is 0 Å². The van der Waals surface area contributed by atoms with E-state index in [9.17, 15) is 17.8 Å². The largest absolute Gasteiger partial charge is 0.476 e. The van der Waals surface area contributed by atoms with E-state index in [0.29, 0.717) is 0 Å². The predicted octanol–water partition coefficient (Wildman–Crippen LogP) is 2.12. The normalized spacial score (nSPS) is 13.5. The summed E-state index contributed by atoms with van der Waals surface area (Å²) in [6.07, 6.45) is 0. The van der Waals surface area contributed by atoms with Crippen molar-refractivity contribution in [2.24, 2.45) is 0 Å². The van der Waals surface area contributed by atoms with Crippen molar-refractivity contribution in [3.05, 3.63) is 29.3 Å².